The second-order valence-corrected chi connectivity index (χ2v) is 5.28. The van der Waals surface area contributed by atoms with Gasteiger partial charge in [0.2, 0.25) is 5.13 Å². The van der Waals surface area contributed by atoms with Crippen molar-refractivity contribution < 1.29 is 14.7 Å². The van der Waals surface area contributed by atoms with Crippen molar-refractivity contribution in [3.05, 3.63) is 5.01 Å². The molecule has 8 heteroatoms. The van der Waals surface area contributed by atoms with Crippen LogP contribution in [0.25, 0.3) is 0 Å². The largest absolute Gasteiger partial charge is 0.481 e. The molecule has 0 bridgehead atoms. The number of rotatable bonds is 6. The summed E-state index contributed by atoms with van der Waals surface area (Å²) in [7, 11) is 0. The van der Waals surface area contributed by atoms with E-state index < -0.39 is 5.97 Å². The average molecular weight is 286 g/mol. The van der Waals surface area contributed by atoms with Gasteiger partial charge in [-0.1, -0.05) is 18.3 Å². The summed E-state index contributed by atoms with van der Waals surface area (Å²) < 4.78 is 0. The van der Waals surface area contributed by atoms with Gasteiger partial charge in [0.25, 0.3) is 0 Å². The van der Waals surface area contributed by atoms with Crippen LogP contribution in [-0.2, 0) is 11.2 Å². The highest BCUT2D eigenvalue weighted by molar-refractivity contribution is 7.15. The fourth-order valence-corrected chi connectivity index (χ4v) is 2.09. The second kappa shape index (κ2) is 7.03. The van der Waals surface area contributed by atoms with E-state index in [2.05, 4.69) is 15.5 Å². The summed E-state index contributed by atoms with van der Waals surface area (Å²) in [6.45, 7) is 5.79. The van der Waals surface area contributed by atoms with Crippen molar-refractivity contribution in [3.63, 3.8) is 0 Å². The number of hydrogen-bond donors (Lipinski definition) is 2. The highest BCUT2D eigenvalue weighted by Crippen LogP contribution is 2.16. The summed E-state index contributed by atoms with van der Waals surface area (Å²) in [6.07, 6.45) is 0.683. The molecule has 0 unspecified atom stereocenters. The summed E-state index contributed by atoms with van der Waals surface area (Å²) in [6, 6.07) is -0.437. The minimum Gasteiger partial charge on any atom is -0.481 e. The minimum atomic E-state index is -0.928. The minimum absolute atomic E-state index is 0.0814. The molecule has 0 aliphatic heterocycles. The van der Waals surface area contributed by atoms with Crippen molar-refractivity contribution in [1.82, 2.24) is 15.1 Å². The molecule has 1 heterocycles. The first kappa shape index (κ1) is 15.4. The maximum Gasteiger partial charge on any atom is 0.323 e. The van der Waals surface area contributed by atoms with Gasteiger partial charge in [0, 0.05) is 12.6 Å². The lowest BCUT2D eigenvalue weighted by Gasteiger charge is -2.25. The Labute approximate surface area is 115 Å². The standard InChI is InChI=1S/C11H18N4O3S/c1-4-8-13-14-10(19-8)12-11(18)15(7(2)3)6-5-9(16)17/h7H,4-6H2,1-3H3,(H,16,17)(H,12,14,18). The van der Waals surface area contributed by atoms with Gasteiger partial charge in [0.1, 0.15) is 5.01 Å². The molecule has 1 aromatic rings. The van der Waals surface area contributed by atoms with Gasteiger partial charge in [-0.25, -0.2) is 4.79 Å². The molecular weight excluding hydrogens is 268 g/mol. The number of urea groups is 1. The van der Waals surface area contributed by atoms with Gasteiger partial charge in [0.15, 0.2) is 0 Å². The quantitative estimate of drug-likeness (QED) is 0.831. The van der Waals surface area contributed by atoms with Gasteiger partial charge in [-0.05, 0) is 20.3 Å². The lowest BCUT2D eigenvalue weighted by atomic mass is 10.3. The lowest BCUT2D eigenvalue weighted by Crippen LogP contribution is -2.41. The Bertz CT molecular complexity index is 447. The maximum atomic E-state index is 12.0. The topological polar surface area (TPSA) is 95.4 Å². The van der Waals surface area contributed by atoms with E-state index in [1.807, 2.05) is 20.8 Å². The molecule has 1 rings (SSSR count). The third kappa shape index (κ3) is 4.82. The van der Waals surface area contributed by atoms with E-state index in [1.165, 1.54) is 16.2 Å². The monoisotopic (exact) mass is 286 g/mol. The number of aromatic nitrogens is 2. The van der Waals surface area contributed by atoms with E-state index in [9.17, 15) is 9.59 Å². The smallest absolute Gasteiger partial charge is 0.323 e. The molecule has 0 aliphatic carbocycles. The molecule has 2 N–H and O–H groups in total. The van der Waals surface area contributed by atoms with Gasteiger partial charge in [-0.2, -0.15) is 0 Å². The Balaban J connectivity index is 2.63. The number of carbonyl (C=O) groups is 2. The molecule has 0 radical (unpaired) electrons. The number of carboxylic acids is 1. The zero-order valence-electron chi connectivity index (χ0n) is 11.2. The zero-order valence-corrected chi connectivity index (χ0v) is 12.0. The predicted molar refractivity (Wildman–Crippen MR) is 72.4 cm³/mol. The summed E-state index contributed by atoms with van der Waals surface area (Å²) in [5, 5.41) is 20.4. The summed E-state index contributed by atoms with van der Waals surface area (Å²) in [5.41, 5.74) is 0. The molecule has 7 nitrogen and oxygen atoms in total. The van der Waals surface area contributed by atoms with E-state index >= 15 is 0 Å². The Morgan fingerprint density at radius 1 is 1.42 bits per heavy atom. The first-order valence-corrected chi connectivity index (χ1v) is 6.87. The third-order valence-corrected chi connectivity index (χ3v) is 3.42. The molecule has 0 aromatic carbocycles. The molecule has 19 heavy (non-hydrogen) atoms. The van der Waals surface area contributed by atoms with Crippen LogP contribution in [0.4, 0.5) is 9.93 Å². The molecule has 0 atom stereocenters. The van der Waals surface area contributed by atoms with Gasteiger partial charge in [-0.3, -0.25) is 10.1 Å². The Morgan fingerprint density at radius 2 is 2.11 bits per heavy atom. The Hall–Kier alpha value is -1.70. The van der Waals surface area contributed by atoms with Crippen LogP contribution >= 0.6 is 11.3 Å². The van der Waals surface area contributed by atoms with E-state index in [4.69, 9.17) is 5.11 Å². The molecule has 106 valence electrons. The fourth-order valence-electron chi connectivity index (χ4n) is 1.42. The number of hydrogen-bond acceptors (Lipinski definition) is 5. The van der Waals surface area contributed by atoms with Crippen molar-refractivity contribution in [1.29, 1.82) is 0 Å². The van der Waals surface area contributed by atoms with Crippen LogP contribution in [0.5, 0.6) is 0 Å². The summed E-state index contributed by atoms with van der Waals surface area (Å²) in [4.78, 5) is 24.1. The van der Waals surface area contributed by atoms with Crippen molar-refractivity contribution in [2.45, 2.75) is 39.7 Å². The van der Waals surface area contributed by atoms with Crippen LogP contribution in [0.1, 0.15) is 32.2 Å². The number of anilines is 1. The first-order valence-electron chi connectivity index (χ1n) is 6.05. The number of aryl methyl sites for hydroxylation is 1. The lowest BCUT2D eigenvalue weighted by molar-refractivity contribution is -0.137. The van der Waals surface area contributed by atoms with Crippen LogP contribution in [0.2, 0.25) is 0 Å². The summed E-state index contributed by atoms with van der Waals surface area (Å²) in [5.74, 6) is -0.928. The van der Waals surface area contributed by atoms with Crippen LogP contribution in [0.15, 0.2) is 0 Å². The Kier molecular flexibility index (Phi) is 5.68. The van der Waals surface area contributed by atoms with Crippen LogP contribution in [0, 0.1) is 0 Å². The molecule has 0 saturated heterocycles. The van der Waals surface area contributed by atoms with Crippen LogP contribution in [-0.4, -0.2) is 44.8 Å². The van der Waals surface area contributed by atoms with E-state index in [0.29, 0.717) is 5.13 Å². The fraction of sp³-hybridized carbons (Fsp3) is 0.636. The third-order valence-electron chi connectivity index (χ3n) is 2.43. The van der Waals surface area contributed by atoms with Crippen molar-refractivity contribution in [2.75, 3.05) is 11.9 Å². The molecule has 0 saturated carbocycles. The van der Waals surface area contributed by atoms with Crippen molar-refractivity contribution in [2.24, 2.45) is 0 Å². The van der Waals surface area contributed by atoms with Crippen LogP contribution < -0.4 is 5.32 Å². The van der Waals surface area contributed by atoms with Crippen LogP contribution in [0.3, 0.4) is 0 Å². The number of aliphatic carboxylic acids is 1. The van der Waals surface area contributed by atoms with Gasteiger partial charge in [-0.15, -0.1) is 10.2 Å². The summed E-state index contributed by atoms with van der Waals surface area (Å²) >= 11 is 1.32. The van der Waals surface area contributed by atoms with E-state index in [0.717, 1.165) is 11.4 Å². The Morgan fingerprint density at radius 3 is 2.58 bits per heavy atom. The molecule has 0 aliphatic rings. The second-order valence-electron chi connectivity index (χ2n) is 4.22. The number of carbonyl (C=O) groups excluding carboxylic acids is 1. The molecule has 0 spiro atoms. The van der Waals surface area contributed by atoms with E-state index in [-0.39, 0.29) is 25.0 Å². The number of amides is 2. The van der Waals surface area contributed by atoms with Gasteiger partial charge < -0.3 is 10.0 Å². The number of nitrogens with zero attached hydrogens (tertiary/aromatic N) is 3. The van der Waals surface area contributed by atoms with Crippen molar-refractivity contribution >= 4 is 28.5 Å². The average Bonchev–Trinajstić information content (AvgIpc) is 2.76. The predicted octanol–water partition coefficient (Wildman–Crippen LogP) is 1.82. The maximum absolute atomic E-state index is 12.0. The molecule has 2 amide bonds. The van der Waals surface area contributed by atoms with Gasteiger partial charge >= 0.3 is 12.0 Å². The number of nitrogens with one attached hydrogen (secondary N) is 1. The van der Waals surface area contributed by atoms with E-state index in [1.54, 1.807) is 0 Å². The van der Waals surface area contributed by atoms with Gasteiger partial charge in [0.05, 0.1) is 6.42 Å². The molecule has 0 fully saturated rings. The highest BCUT2D eigenvalue weighted by Gasteiger charge is 2.19. The zero-order chi connectivity index (χ0) is 14.4. The molecular formula is C11H18N4O3S. The first-order chi connectivity index (χ1) is 8.93. The van der Waals surface area contributed by atoms with Crippen molar-refractivity contribution in [3.8, 4) is 0 Å². The highest BCUT2D eigenvalue weighted by atomic mass is 32.1. The normalized spacial score (nSPS) is 10.5. The number of carboxylic acid groups (broad SMARTS) is 1. The SMILES string of the molecule is CCc1nnc(NC(=O)N(CCC(=O)O)C(C)C)s1. The molecule has 1 aromatic heterocycles.